The number of halogens is 1. The molecule has 2 heterocycles. The van der Waals surface area contributed by atoms with Crippen LogP contribution in [-0.2, 0) is 4.79 Å². The number of hydrogen-bond acceptors (Lipinski definition) is 4. The molecule has 0 radical (unpaired) electrons. The Bertz CT molecular complexity index is 492. The highest BCUT2D eigenvalue weighted by molar-refractivity contribution is 7.13. The van der Waals surface area contributed by atoms with Crippen molar-refractivity contribution >= 4 is 35.6 Å². The van der Waals surface area contributed by atoms with Crippen LogP contribution in [0.2, 0.25) is 0 Å². The second kappa shape index (κ2) is 8.36. The number of likely N-dealkylation sites (tertiary alicyclic amines) is 1. The molecule has 1 fully saturated rings. The minimum atomic E-state index is -0.111. The van der Waals surface area contributed by atoms with Crippen molar-refractivity contribution in [3.63, 3.8) is 0 Å². The van der Waals surface area contributed by atoms with E-state index in [9.17, 15) is 9.59 Å². The molecule has 7 heteroatoms. The van der Waals surface area contributed by atoms with Crippen LogP contribution in [0.5, 0.6) is 0 Å². The molecule has 3 N–H and O–H groups in total. The van der Waals surface area contributed by atoms with Crippen LogP contribution in [-0.4, -0.2) is 42.9 Å². The van der Waals surface area contributed by atoms with Crippen molar-refractivity contribution in [2.75, 3.05) is 26.2 Å². The summed E-state index contributed by atoms with van der Waals surface area (Å²) in [6.45, 7) is 4.16. The first-order chi connectivity index (χ1) is 9.61. The molecule has 1 aromatic heterocycles. The Balaban J connectivity index is 0.00000220. The summed E-state index contributed by atoms with van der Waals surface area (Å²) < 4.78 is 0. The molecule has 5 nitrogen and oxygen atoms in total. The Hall–Kier alpha value is -1.11. The molecule has 0 bridgehead atoms. The highest BCUT2D eigenvalue weighted by Gasteiger charge is 2.29. The van der Waals surface area contributed by atoms with E-state index >= 15 is 0 Å². The van der Waals surface area contributed by atoms with E-state index in [1.807, 2.05) is 19.1 Å². The van der Waals surface area contributed by atoms with E-state index in [1.165, 1.54) is 11.3 Å². The Kier molecular flexibility index (Phi) is 7.14. The lowest BCUT2D eigenvalue weighted by atomic mass is 9.97. The van der Waals surface area contributed by atoms with Gasteiger partial charge >= 0.3 is 0 Å². The number of rotatable bonds is 4. The summed E-state index contributed by atoms with van der Waals surface area (Å²) in [5, 5.41) is 2.81. The summed E-state index contributed by atoms with van der Waals surface area (Å²) in [7, 11) is 0. The zero-order valence-electron chi connectivity index (χ0n) is 12.1. The van der Waals surface area contributed by atoms with Crippen molar-refractivity contribution in [1.82, 2.24) is 10.2 Å². The van der Waals surface area contributed by atoms with Crippen LogP contribution >= 0.6 is 23.7 Å². The molecular formula is C14H22ClN3O2S. The average molecular weight is 332 g/mol. The zero-order chi connectivity index (χ0) is 14.5. The Labute approximate surface area is 135 Å². The molecule has 1 aliphatic rings. The van der Waals surface area contributed by atoms with Crippen molar-refractivity contribution in [3.05, 3.63) is 21.9 Å². The highest BCUT2D eigenvalue weighted by Crippen LogP contribution is 2.22. The number of nitrogens with two attached hydrogens (primary N) is 1. The molecule has 21 heavy (non-hydrogen) atoms. The van der Waals surface area contributed by atoms with Gasteiger partial charge in [-0.15, -0.1) is 23.7 Å². The number of carbonyl (C=O) groups excluding carboxylic acids is 2. The van der Waals surface area contributed by atoms with Crippen molar-refractivity contribution in [3.8, 4) is 0 Å². The largest absolute Gasteiger partial charge is 0.355 e. The fourth-order valence-corrected chi connectivity index (χ4v) is 3.26. The first kappa shape index (κ1) is 17.9. The average Bonchev–Trinajstić information content (AvgIpc) is 2.90. The van der Waals surface area contributed by atoms with Gasteiger partial charge in [-0.25, -0.2) is 0 Å². The standard InChI is InChI=1S/C14H21N3O2S.ClH/c1-10-4-5-12(20-10)14(19)17-8-2-3-11(9-17)13(18)16-7-6-15;/h4-5,11H,2-3,6-9,15H2,1H3,(H,16,18);1H. The van der Waals surface area contributed by atoms with E-state index in [-0.39, 0.29) is 30.1 Å². The van der Waals surface area contributed by atoms with Crippen LogP contribution < -0.4 is 11.1 Å². The third-order valence-corrected chi connectivity index (χ3v) is 4.46. The number of nitrogens with one attached hydrogen (secondary N) is 1. The number of carbonyl (C=O) groups is 2. The third kappa shape index (κ3) is 4.69. The molecule has 0 spiro atoms. The maximum Gasteiger partial charge on any atom is 0.263 e. The van der Waals surface area contributed by atoms with Gasteiger partial charge in [0.1, 0.15) is 0 Å². The minimum Gasteiger partial charge on any atom is -0.355 e. The lowest BCUT2D eigenvalue weighted by Gasteiger charge is -2.31. The van der Waals surface area contributed by atoms with Crippen LogP contribution in [0.25, 0.3) is 0 Å². The monoisotopic (exact) mass is 331 g/mol. The maximum absolute atomic E-state index is 12.4. The minimum absolute atomic E-state index is 0. The van der Waals surface area contributed by atoms with Crippen molar-refractivity contribution in [2.24, 2.45) is 11.7 Å². The van der Waals surface area contributed by atoms with Gasteiger partial charge in [-0.05, 0) is 31.9 Å². The molecule has 118 valence electrons. The molecule has 1 atom stereocenters. The maximum atomic E-state index is 12.4. The molecule has 2 amide bonds. The number of amides is 2. The molecule has 1 aromatic rings. The Morgan fingerprint density at radius 2 is 2.24 bits per heavy atom. The van der Waals surface area contributed by atoms with E-state index in [2.05, 4.69) is 5.32 Å². The molecule has 1 aliphatic heterocycles. The van der Waals surface area contributed by atoms with Gasteiger partial charge in [0.2, 0.25) is 5.91 Å². The van der Waals surface area contributed by atoms with Gasteiger partial charge in [0.25, 0.3) is 5.91 Å². The fraction of sp³-hybridized carbons (Fsp3) is 0.571. The number of hydrogen-bond donors (Lipinski definition) is 2. The normalized spacial score (nSPS) is 18.0. The lowest BCUT2D eigenvalue weighted by Crippen LogP contribution is -2.46. The van der Waals surface area contributed by atoms with Crippen LogP contribution in [0.4, 0.5) is 0 Å². The molecule has 0 aromatic carbocycles. The third-order valence-electron chi connectivity index (χ3n) is 3.47. The van der Waals surface area contributed by atoms with Gasteiger partial charge in [-0.1, -0.05) is 0 Å². The van der Waals surface area contributed by atoms with Gasteiger partial charge in [0.05, 0.1) is 10.8 Å². The van der Waals surface area contributed by atoms with Gasteiger partial charge in [0, 0.05) is 31.1 Å². The smallest absolute Gasteiger partial charge is 0.263 e. The van der Waals surface area contributed by atoms with E-state index in [1.54, 1.807) is 4.90 Å². The summed E-state index contributed by atoms with van der Waals surface area (Å²) in [4.78, 5) is 28.0. The van der Waals surface area contributed by atoms with Gasteiger partial charge in [-0.3, -0.25) is 9.59 Å². The van der Waals surface area contributed by atoms with E-state index < -0.39 is 0 Å². The predicted octanol–water partition coefficient (Wildman–Crippen LogP) is 1.41. The van der Waals surface area contributed by atoms with Crippen LogP contribution in [0.3, 0.4) is 0 Å². The van der Waals surface area contributed by atoms with E-state index in [4.69, 9.17) is 5.73 Å². The topological polar surface area (TPSA) is 75.4 Å². The highest BCUT2D eigenvalue weighted by atomic mass is 35.5. The van der Waals surface area contributed by atoms with Gasteiger partial charge < -0.3 is 16.0 Å². The number of aryl methyl sites for hydroxylation is 1. The number of nitrogens with zero attached hydrogens (tertiary/aromatic N) is 1. The molecule has 2 rings (SSSR count). The van der Waals surface area contributed by atoms with Gasteiger partial charge in [0.15, 0.2) is 0 Å². The number of piperidine rings is 1. The second-order valence-electron chi connectivity index (χ2n) is 5.08. The van der Waals surface area contributed by atoms with Crippen molar-refractivity contribution in [2.45, 2.75) is 19.8 Å². The van der Waals surface area contributed by atoms with Gasteiger partial charge in [-0.2, -0.15) is 0 Å². The van der Waals surface area contributed by atoms with E-state index in [0.717, 1.165) is 29.1 Å². The lowest BCUT2D eigenvalue weighted by molar-refractivity contribution is -0.126. The van der Waals surface area contributed by atoms with Crippen molar-refractivity contribution in [1.29, 1.82) is 0 Å². The quantitative estimate of drug-likeness (QED) is 0.875. The molecule has 1 unspecified atom stereocenters. The summed E-state index contributed by atoms with van der Waals surface area (Å²) in [6.07, 6.45) is 1.71. The second-order valence-corrected chi connectivity index (χ2v) is 6.37. The molecular weight excluding hydrogens is 310 g/mol. The van der Waals surface area contributed by atoms with Crippen LogP contribution in [0, 0.1) is 12.8 Å². The summed E-state index contributed by atoms with van der Waals surface area (Å²) in [5.74, 6) is -0.0601. The fourth-order valence-electron chi connectivity index (χ4n) is 2.42. The Morgan fingerprint density at radius 3 is 2.86 bits per heavy atom. The van der Waals surface area contributed by atoms with Crippen molar-refractivity contribution < 1.29 is 9.59 Å². The summed E-state index contributed by atoms with van der Waals surface area (Å²) in [5.41, 5.74) is 5.38. The van der Waals surface area contributed by atoms with E-state index in [0.29, 0.717) is 19.6 Å². The molecule has 1 saturated heterocycles. The number of thiophene rings is 1. The molecule has 0 aliphatic carbocycles. The zero-order valence-corrected chi connectivity index (χ0v) is 13.8. The van der Waals surface area contributed by atoms with Crippen LogP contribution in [0.1, 0.15) is 27.4 Å². The molecule has 0 saturated carbocycles. The summed E-state index contributed by atoms with van der Waals surface area (Å²) >= 11 is 1.50. The predicted molar refractivity (Wildman–Crippen MR) is 87.0 cm³/mol. The first-order valence-electron chi connectivity index (χ1n) is 6.95. The summed E-state index contributed by atoms with van der Waals surface area (Å²) in [6, 6.07) is 3.81. The van der Waals surface area contributed by atoms with Crippen LogP contribution in [0.15, 0.2) is 12.1 Å². The first-order valence-corrected chi connectivity index (χ1v) is 7.77. The SMILES string of the molecule is Cc1ccc(C(=O)N2CCCC(C(=O)NCCN)C2)s1.Cl. The Morgan fingerprint density at radius 1 is 1.48 bits per heavy atom.